The van der Waals surface area contributed by atoms with Gasteiger partial charge >= 0.3 is 5.97 Å². The van der Waals surface area contributed by atoms with Gasteiger partial charge in [0.05, 0.1) is 12.7 Å². The molecule has 0 saturated carbocycles. The third-order valence-corrected chi connectivity index (χ3v) is 3.02. The van der Waals surface area contributed by atoms with E-state index < -0.39 is 5.97 Å². The summed E-state index contributed by atoms with van der Waals surface area (Å²) in [6, 6.07) is 7.65. The average Bonchev–Trinajstić information content (AvgIpc) is 2.90. The van der Waals surface area contributed by atoms with Crippen molar-refractivity contribution in [1.82, 2.24) is 14.6 Å². The molecule has 7 heteroatoms. The molecule has 106 valence electrons. The van der Waals surface area contributed by atoms with Crippen molar-refractivity contribution in [3.05, 3.63) is 42.1 Å². The molecule has 0 spiro atoms. The van der Waals surface area contributed by atoms with Crippen LogP contribution in [0, 0.1) is 0 Å². The lowest BCUT2D eigenvalue weighted by molar-refractivity contribution is 0.0697. The predicted octanol–water partition coefficient (Wildman–Crippen LogP) is 1.81. The van der Waals surface area contributed by atoms with Crippen molar-refractivity contribution in [2.45, 2.75) is 0 Å². The highest BCUT2D eigenvalue weighted by molar-refractivity contribution is 5.88. The summed E-state index contributed by atoms with van der Waals surface area (Å²) >= 11 is 0. The number of hydrogen-bond acceptors (Lipinski definition) is 5. The molecule has 21 heavy (non-hydrogen) atoms. The molecule has 2 aromatic heterocycles. The Bertz CT molecular complexity index is 841. The Kier molecular flexibility index (Phi) is 2.94. The first kappa shape index (κ1) is 12.9. The van der Waals surface area contributed by atoms with E-state index in [0.29, 0.717) is 22.8 Å². The largest absolute Gasteiger partial charge is 0.504 e. The van der Waals surface area contributed by atoms with Gasteiger partial charge in [0.2, 0.25) is 0 Å². The third kappa shape index (κ3) is 2.25. The Balaban J connectivity index is 2.10. The van der Waals surface area contributed by atoms with Crippen LogP contribution in [0.3, 0.4) is 0 Å². The van der Waals surface area contributed by atoms with Crippen LogP contribution in [0.1, 0.15) is 10.4 Å². The summed E-state index contributed by atoms with van der Waals surface area (Å²) in [6.07, 6.45) is 1.53. The third-order valence-electron chi connectivity index (χ3n) is 3.02. The van der Waals surface area contributed by atoms with E-state index >= 15 is 0 Å². The quantitative estimate of drug-likeness (QED) is 0.761. The van der Waals surface area contributed by atoms with Crippen LogP contribution in [0.4, 0.5) is 0 Å². The highest BCUT2D eigenvalue weighted by atomic mass is 16.5. The summed E-state index contributed by atoms with van der Waals surface area (Å²) in [5, 5.41) is 22.8. The van der Waals surface area contributed by atoms with Crippen LogP contribution in [0.2, 0.25) is 0 Å². The van der Waals surface area contributed by atoms with Gasteiger partial charge in [-0.05, 0) is 30.3 Å². The van der Waals surface area contributed by atoms with Gasteiger partial charge in [0, 0.05) is 11.8 Å². The van der Waals surface area contributed by atoms with Crippen molar-refractivity contribution >= 4 is 11.6 Å². The van der Waals surface area contributed by atoms with Crippen LogP contribution in [0.25, 0.3) is 17.0 Å². The molecule has 2 heterocycles. The number of aromatic carboxylic acids is 1. The number of nitrogens with zero attached hydrogens (tertiary/aromatic N) is 3. The minimum atomic E-state index is -1.02. The van der Waals surface area contributed by atoms with E-state index in [1.165, 1.54) is 36.0 Å². The number of aromatic nitrogens is 3. The fraction of sp³-hybridized carbons (Fsp3) is 0.0714. The maximum Gasteiger partial charge on any atom is 0.335 e. The number of methoxy groups -OCH3 is 1. The van der Waals surface area contributed by atoms with Crippen LogP contribution in [0.5, 0.6) is 11.5 Å². The monoisotopic (exact) mass is 285 g/mol. The van der Waals surface area contributed by atoms with Crippen LogP contribution in [-0.4, -0.2) is 37.9 Å². The summed E-state index contributed by atoms with van der Waals surface area (Å²) in [6.45, 7) is 0. The second-order valence-electron chi connectivity index (χ2n) is 4.35. The number of hydrogen-bond donors (Lipinski definition) is 2. The number of carbonyl (C=O) groups is 1. The Morgan fingerprint density at radius 2 is 2.10 bits per heavy atom. The average molecular weight is 285 g/mol. The molecule has 1 aromatic carbocycles. The van der Waals surface area contributed by atoms with Crippen molar-refractivity contribution in [1.29, 1.82) is 0 Å². The molecule has 0 aliphatic heterocycles. The van der Waals surface area contributed by atoms with Gasteiger partial charge in [-0.25, -0.2) is 14.3 Å². The van der Waals surface area contributed by atoms with Crippen molar-refractivity contribution in [3.8, 4) is 22.9 Å². The zero-order valence-corrected chi connectivity index (χ0v) is 11.0. The summed E-state index contributed by atoms with van der Waals surface area (Å²) in [5.74, 6) is -0.264. The van der Waals surface area contributed by atoms with Gasteiger partial charge in [-0.1, -0.05) is 0 Å². The number of aromatic hydroxyl groups is 1. The molecule has 7 nitrogen and oxygen atoms in total. The Labute approximate surface area is 119 Å². The fourth-order valence-electron chi connectivity index (χ4n) is 1.95. The van der Waals surface area contributed by atoms with Gasteiger partial charge < -0.3 is 14.9 Å². The van der Waals surface area contributed by atoms with E-state index in [1.54, 1.807) is 12.1 Å². The SMILES string of the molecule is COc1cc(-c2nc3cc(C(=O)O)ccn3n2)ccc1O. The molecule has 0 saturated heterocycles. The van der Waals surface area contributed by atoms with Crippen LogP contribution in [-0.2, 0) is 0 Å². The standard InChI is InChI=1S/C14H11N3O4/c1-21-11-6-8(2-3-10(11)18)13-15-12-7-9(14(19)20)4-5-17(12)16-13/h2-7,18H,1H3,(H,19,20). The molecule has 0 amide bonds. The highest BCUT2D eigenvalue weighted by Gasteiger charge is 2.11. The van der Waals surface area contributed by atoms with Gasteiger partial charge in [0.25, 0.3) is 0 Å². The zero-order valence-electron chi connectivity index (χ0n) is 11.0. The first-order chi connectivity index (χ1) is 10.1. The lowest BCUT2D eigenvalue weighted by Gasteiger charge is -2.03. The summed E-state index contributed by atoms with van der Waals surface area (Å²) in [7, 11) is 1.45. The minimum Gasteiger partial charge on any atom is -0.504 e. The number of carboxylic acids is 1. The smallest absolute Gasteiger partial charge is 0.335 e. The van der Waals surface area contributed by atoms with E-state index in [2.05, 4.69) is 10.1 Å². The van der Waals surface area contributed by atoms with Crippen molar-refractivity contribution < 1.29 is 19.7 Å². The first-order valence-corrected chi connectivity index (χ1v) is 6.05. The summed E-state index contributed by atoms with van der Waals surface area (Å²) < 4.78 is 6.53. The van der Waals surface area contributed by atoms with Crippen molar-refractivity contribution in [2.75, 3.05) is 7.11 Å². The van der Waals surface area contributed by atoms with Crippen LogP contribution in [0.15, 0.2) is 36.5 Å². The molecule has 0 bridgehead atoms. The van der Waals surface area contributed by atoms with Crippen LogP contribution >= 0.6 is 0 Å². The second-order valence-corrected chi connectivity index (χ2v) is 4.35. The van der Waals surface area contributed by atoms with Crippen molar-refractivity contribution in [2.24, 2.45) is 0 Å². The van der Waals surface area contributed by atoms with Gasteiger partial charge in [-0.15, -0.1) is 5.10 Å². The number of phenolic OH excluding ortho intramolecular Hbond substituents is 1. The zero-order chi connectivity index (χ0) is 15.0. The number of pyridine rings is 1. The number of carboxylic acid groups (broad SMARTS) is 1. The highest BCUT2D eigenvalue weighted by Crippen LogP contribution is 2.30. The molecule has 0 atom stereocenters. The van der Waals surface area contributed by atoms with E-state index in [9.17, 15) is 9.90 Å². The molecular weight excluding hydrogens is 274 g/mol. The van der Waals surface area contributed by atoms with E-state index in [4.69, 9.17) is 9.84 Å². The Morgan fingerprint density at radius 1 is 1.29 bits per heavy atom. The van der Waals surface area contributed by atoms with E-state index in [1.807, 2.05) is 0 Å². The maximum atomic E-state index is 10.9. The van der Waals surface area contributed by atoms with E-state index in [0.717, 1.165) is 0 Å². The fourth-order valence-corrected chi connectivity index (χ4v) is 1.95. The topological polar surface area (TPSA) is 97.0 Å². The molecule has 0 aliphatic carbocycles. The van der Waals surface area contributed by atoms with Crippen LogP contribution < -0.4 is 4.74 Å². The normalized spacial score (nSPS) is 10.7. The van der Waals surface area contributed by atoms with Crippen molar-refractivity contribution in [3.63, 3.8) is 0 Å². The molecule has 3 aromatic rings. The first-order valence-electron chi connectivity index (χ1n) is 6.05. The summed E-state index contributed by atoms with van der Waals surface area (Å²) in [5.41, 5.74) is 1.23. The maximum absolute atomic E-state index is 10.9. The number of rotatable bonds is 3. The Hall–Kier alpha value is -3.09. The second kappa shape index (κ2) is 4.78. The lowest BCUT2D eigenvalue weighted by Crippen LogP contribution is -1.97. The molecule has 2 N–H and O–H groups in total. The molecular formula is C14H11N3O4. The van der Waals surface area contributed by atoms with Gasteiger partial charge in [-0.2, -0.15) is 0 Å². The predicted molar refractivity (Wildman–Crippen MR) is 73.6 cm³/mol. The molecule has 0 aliphatic rings. The minimum absolute atomic E-state index is 0.0261. The Morgan fingerprint density at radius 3 is 2.81 bits per heavy atom. The number of fused-ring (bicyclic) bond motifs is 1. The summed E-state index contributed by atoms with van der Waals surface area (Å²) in [4.78, 5) is 15.2. The number of phenols is 1. The number of ether oxygens (including phenoxy) is 1. The van der Waals surface area contributed by atoms with Gasteiger partial charge in [0.1, 0.15) is 0 Å². The van der Waals surface area contributed by atoms with Gasteiger partial charge in [-0.3, -0.25) is 0 Å². The number of benzene rings is 1. The van der Waals surface area contributed by atoms with E-state index in [-0.39, 0.29) is 11.3 Å². The lowest BCUT2D eigenvalue weighted by atomic mass is 10.2. The molecule has 0 fully saturated rings. The molecule has 3 rings (SSSR count). The molecule has 0 unspecified atom stereocenters. The van der Waals surface area contributed by atoms with Gasteiger partial charge in [0.15, 0.2) is 23.0 Å². The molecule has 0 radical (unpaired) electrons.